The maximum Gasteiger partial charge on any atom is 2.00 e. The molecule has 0 aromatic carbocycles. The summed E-state index contributed by atoms with van der Waals surface area (Å²) >= 11 is 0. The summed E-state index contributed by atoms with van der Waals surface area (Å²) in [6.45, 7) is 3.69. The van der Waals surface area contributed by atoms with E-state index in [1.165, 1.54) is 18.5 Å². The van der Waals surface area contributed by atoms with Crippen LogP contribution in [0.3, 0.4) is 0 Å². The fourth-order valence-corrected chi connectivity index (χ4v) is 1.50. The fraction of sp³-hybridized carbons (Fsp3) is 0.286. The number of aryl methyl sites for hydroxylation is 2. The van der Waals surface area contributed by atoms with Crippen molar-refractivity contribution in [2.75, 3.05) is 0 Å². The zero-order valence-corrected chi connectivity index (χ0v) is 15.0. The number of aromatic amines is 1. The van der Waals surface area contributed by atoms with Gasteiger partial charge in [0.2, 0.25) is 11.2 Å². The van der Waals surface area contributed by atoms with E-state index < -0.39 is 5.56 Å². The van der Waals surface area contributed by atoms with Crippen molar-refractivity contribution < 1.29 is 34.1 Å². The van der Waals surface area contributed by atoms with Gasteiger partial charge < -0.3 is 19.6 Å². The van der Waals surface area contributed by atoms with Crippen LogP contribution >= 0.6 is 0 Å². The van der Waals surface area contributed by atoms with Gasteiger partial charge in [0.1, 0.15) is 5.76 Å². The van der Waals surface area contributed by atoms with Crippen molar-refractivity contribution in [1.29, 1.82) is 0 Å². The zero-order chi connectivity index (χ0) is 15.1. The van der Waals surface area contributed by atoms with Crippen molar-refractivity contribution in [1.82, 2.24) is 4.98 Å². The first-order valence-electron chi connectivity index (χ1n) is 6.20. The Hall–Kier alpha value is -1.88. The molecule has 0 unspecified atom stereocenters. The molecule has 0 atom stereocenters. The molecule has 0 fully saturated rings. The monoisotopic (exact) mass is 343 g/mol. The van der Waals surface area contributed by atoms with Gasteiger partial charge in [0.25, 0.3) is 5.56 Å². The van der Waals surface area contributed by atoms with Gasteiger partial charge in [0, 0.05) is 24.2 Å². The van der Waals surface area contributed by atoms with Crippen LogP contribution in [0.2, 0.25) is 0 Å². The first kappa shape index (κ1) is 19.1. The standard InChI is InChI=1S/C7H9NO2.C7H8O3.Zn/c1-2-5-3-4-8-7(10)6(5)9;1-2-6-7(9)5(8)3-4-10-6;/h3-4,9H,2H2,1H3,(H,8,10);3-4,9H,2H2,1H3;/q;;+2. The van der Waals surface area contributed by atoms with Gasteiger partial charge in [-0.15, -0.1) is 0 Å². The van der Waals surface area contributed by atoms with Gasteiger partial charge in [0.15, 0.2) is 5.75 Å². The quantitative estimate of drug-likeness (QED) is 0.717. The van der Waals surface area contributed by atoms with Crippen molar-refractivity contribution in [2.24, 2.45) is 0 Å². The van der Waals surface area contributed by atoms with Crippen LogP contribution in [-0.2, 0) is 32.3 Å². The summed E-state index contributed by atoms with van der Waals surface area (Å²) in [5.41, 5.74) is -0.119. The van der Waals surface area contributed by atoms with E-state index in [1.54, 1.807) is 13.0 Å². The Labute approximate surface area is 134 Å². The second-order valence-corrected chi connectivity index (χ2v) is 3.94. The topological polar surface area (TPSA) is 104 Å². The number of nitrogens with one attached hydrogen (secondary N) is 1. The first-order chi connectivity index (χ1) is 9.51. The molecular weight excluding hydrogens is 328 g/mol. The Kier molecular flexibility index (Phi) is 8.32. The number of hydrogen-bond donors (Lipinski definition) is 3. The van der Waals surface area contributed by atoms with Crippen molar-refractivity contribution in [3.05, 3.63) is 56.5 Å². The van der Waals surface area contributed by atoms with Gasteiger partial charge >= 0.3 is 19.5 Å². The van der Waals surface area contributed by atoms with Gasteiger partial charge in [-0.3, -0.25) is 9.59 Å². The van der Waals surface area contributed by atoms with Crippen LogP contribution in [0.4, 0.5) is 0 Å². The normalized spacial score (nSPS) is 9.24. The molecule has 2 aromatic heterocycles. The van der Waals surface area contributed by atoms with Crippen molar-refractivity contribution in [2.45, 2.75) is 26.7 Å². The van der Waals surface area contributed by atoms with Gasteiger partial charge in [-0.25, -0.2) is 0 Å². The molecule has 0 saturated carbocycles. The third-order valence-corrected chi connectivity index (χ3v) is 2.65. The molecule has 3 N–H and O–H groups in total. The van der Waals surface area contributed by atoms with Crippen LogP contribution in [0, 0.1) is 0 Å². The maximum atomic E-state index is 10.7. The molecule has 7 heteroatoms. The zero-order valence-electron chi connectivity index (χ0n) is 12.0. The number of rotatable bonds is 2. The Bertz CT molecular complexity index is 618. The number of H-pyrrole nitrogens is 1. The molecule has 6 nitrogen and oxygen atoms in total. The number of aromatic hydroxyl groups is 2. The summed E-state index contributed by atoms with van der Waals surface area (Å²) in [6, 6.07) is 2.88. The van der Waals surface area contributed by atoms with E-state index in [2.05, 4.69) is 4.98 Å². The molecule has 21 heavy (non-hydrogen) atoms. The van der Waals surface area contributed by atoms with Crippen LogP contribution in [-0.4, -0.2) is 15.2 Å². The number of pyridine rings is 1. The largest absolute Gasteiger partial charge is 2.00 e. The minimum Gasteiger partial charge on any atom is -0.503 e. The SMILES string of the molecule is CCc1cc[nH]c(=O)c1O.CCc1occc(=O)c1O.[Zn+2]. The summed E-state index contributed by atoms with van der Waals surface area (Å²) < 4.78 is 4.84. The Morgan fingerprint density at radius 3 is 2.24 bits per heavy atom. The molecular formula is C14H17NO5Zn+2. The average Bonchev–Trinajstić information content (AvgIpc) is 2.45. The summed E-state index contributed by atoms with van der Waals surface area (Å²) in [4.78, 5) is 23.8. The molecule has 0 saturated heterocycles. The summed E-state index contributed by atoms with van der Waals surface area (Å²) in [7, 11) is 0. The minimum absolute atomic E-state index is 0. The smallest absolute Gasteiger partial charge is 0.503 e. The molecule has 108 valence electrons. The number of hydrogen-bond acceptors (Lipinski definition) is 5. The molecule has 0 aliphatic heterocycles. The first-order valence-corrected chi connectivity index (χ1v) is 6.20. The van der Waals surface area contributed by atoms with E-state index in [0.717, 1.165) is 0 Å². The minimum atomic E-state index is -0.417. The summed E-state index contributed by atoms with van der Waals surface area (Å²) in [5.74, 6) is -0.0949. The van der Waals surface area contributed by atoms with Crippen molar-refractivity contribution in [3.63, 3.8) is 0 Å². The second-order valence-electron chi connectivity index (χ2n) is 3.94. The summed E-state index contributed by atoms with van der Waals surface area (Å²) in [5, 5.41) is 18.0. The molecule has 2 heterocycles. The van der Waals surface area contributed by atoms with Crippen LogP contribution in [0.25, 0.3) is 0 Å². The van der Waals surface area contributed by atoms with Gasteiger partial charge in [0.05, 0.1) is 6.26 Å². The second kappa shape index (κ2) is 9.13. The van der Waals surface area contributed by atoms with Crippen molar-refractivity contribution in [3.8, 4) is 11.5 Å². The Balaban J connectivity index is 0.000000364. The Morgan fingerprint density at radius 2 is 1.76 bits per heavy atom. The number of aromatic nitrogens is 1. The van der Waals surface area contributed by atoms with Crippen molar-refractivity contribution >= 4 is 0 Å². The third-order valence-electron chi connectivity index (χ3n) is 2.65. The molecule has 0 bridgehead atoms. The van der Waals surface area contributed by atoms with Crippen LogP contribution in [0.5, 0.6) is 11.5 Å². The van der Waals surface area contributed by atoms with Gasteiger partial charge in [-0.1, -0.05) is 13.8 Å². The van der Waals surface area contributed by atoms with E-state index >= 15 is 0 Å². The predicted octanol–water partition coefficient (Wildman–Crippen LogP) is 1.55. The predicted molar refractivity (Wildman–Crippen MR) is 74.1 cm³/mol. The van der Waals surface area contributed by atoms with Crippen LogP contribution in [0.1, 0.15) is 25.2 Å². The maximum absolute atomic E-state index is 10.7. The average molecular weight is 345 g/mol. The van der Waals surface area contributed by atoms with E-state index in [0.29, 0.717) is 24.2 Å². The molecule has 0 aliphatic rings. The summed E-state index contributed by atoms with van der Waals surface area (Å²) in [6.07, 6.45) is 4.01. The molecule has 2 rings (SSSR count). The third kappa shape index (κ3) is 5.19. The van der Waals surface area contributed by atoms with Gasteiger partial charge in [-0.2, -0.15) is 0 Å². The molecule has 0 amide bonds. The van der Waals surface area contributed by atoms with E-state index in [-0.39, 0.29) is 36.4 Å². The van der Waals surface area contributed by atoms with Crippen LogP contribution in [0.15, 0.2) is 38.6 Å². The van der Waals surface area contributed by atoms with Gasteiger partial charge in [-0.05, 0) is 12.5 Å². The molecule has 0 radical (unpaired) electrons. The van der Waals surface area contributed by atoms with E-state index in [4.69, 9.17) is 14.6 Å². The molecule has 2 aromatic rings. The Morgan fingerprint density at radius 1 is 1.10 bits per heavy atom. The molecule has 0 aliphatic carbocycles. The fourth-order valence-electron chi connectivity index (χ4n) is 1.50. The van der Waals surface area contributed by atoms with E-state index in [9.17, 15) is 9.59 Å². The van der Waals surface area contributed by atoms with Crippen LogP contribution < -0.4 is 11.0 Å². The molecule has 0 spiro atoms. The van der Waals surface area contributed by atoms with E-state index in [1.807, 2.05) is 6.92 Å².